The highest BCUT2D eigenvalue weighted by atomic mass is 16.5. The molecule has 1 heterocycles. The van der Waals surface area contributed by atoms with E-state index in [9.17, 15) is 0 Å². The van der Waals surface area contributed by atoms with E-state index in [1.165, 1.54) is 11.3 Å². The van der Waals surface area contributed by atoms with Gasteiger partial charge in [0, 0.05) is 7.05 Å². The molecule has 0 spiro atoms. The fourth-order valence-electron chi connectivity index (χ4n) is 2.51. The topological polar surface area (TPSA) is 39.1 Å². The summed E-state index contributed by atoms with van der Waals surface area (Å²) in [7, 11) is 1.99. The summed E-state index contributed by atoms with van der Waals surface area (Å²) < 4.78 is 7.65. The molecule has 4 heteroatoms. The van der Waals surface area contributed by atoms with Gasteiger partial charge in [-0.1, -0.05) is 19.1 Å². The number of rotatable bonds is 6. The number of hydrogen-bond acceptors (Lipinski definition) is 3. The minimum Gasteiger partial charge on any atom is -0.491 e. The van der Waals surface area contributed by atoms with Crippen LogP contribution in [0.1, 0.15) is 43.8 Å². The first kappa shape index (κ1) is 15.6. The monoisotopic (exact) mass is 287 g/mol. The van der Waals surface area contributed by atoms with Crippen LogP contribution in [0.25, 0.3) is 0 Å². The van der Waals surface area contributed by atoms with Crippen LogP contribution < -0.4 is 10.1 Å². The molecule has 1 aromatic heterocycles. The van der Waals surface area contributed by atoms with Crippen molar-refractivity contribution in [3.63, 3.8) is 0 Å². The number of nitrogens with zero attached hydrogens (tertiary/aromatic N) is 2. The number of nitrogens with one attached hydrogen (secondary N) is 1. The molecular formula is C17H25N3O. The van der Waals surface area contributed by atoms with E-state index >= 15 is 0 Å². The van der Waals surface area contributed by atoms with E-state index in [1.807, 2.05) is 44.6 Å². The highest BCUT2D eigenvalue weighted by Crippen LogP contribution is 2.24. The maximum Gasteiger partial charge on any atom is 0.119 e. The molecule has 0 saturated heterocycles. The fourth-order valence-corrected chi connectivity index (χ4v) is 2.51. The van der Waals surface area contributed by atoms with Crippen LogP contribution >= 0.6 is 0 Å². The first-order valence-electron chi connectivity index (χ1n) is 7.51. The predicted octanol–water partition coefficient (Wildman–Crippen LogP) is 3.21. The minimum atomic E-state index is 0.147. The molecule has 2 rings (SSSR count). The predicted molar refractivity (Wildman–Crippen MR) is 85.7 cm³/mol. The molecule has 0 aliphatic heterocycles. The maximum absolute atomic E-state index is 5.70. The van der Waals surface area contributed by atoms with Crippen molar-refractivity contribution in [1.29, 1.82) is 0 Å². The second-order valence-corrected chi connectivity index (χ2v) is 5.56. The highest BCUT2D eigenvalue weighted by Gasteiger charge is 2.17. The van der Waals surface area contributed by atoms with Crippen LogP contribution in [0.5, 0.6) is 5.75 Å². The van der Waals surface area contributed by atoms with Gasteiger partial charge in [0.1, 0.15) is 5.75 Å². The van der Waals surface area contributed by atoms with Crippen LogP contribution in [-0.2, 0) is 7.05 Å². The van der Waals surface area contributed by atoms with Gasteiger partial charge in [-0.2, -0.15) is 5.10 Å². The Bertz CT molecular complexity index is 572. The highest BCUT2D eigenvalue weighted by molar-refractivity contribution is 5.34. The van der Waals surface area contributed by atoms with Crippen molar-refractivity contribution in [2.45, 2.75) is 39.8 Å². The number of aromatic nitrogens is 2. The molecule has 1 unspecified atom stereocenters. The number of aryl methyl sites for hydroxylation is 2. The van der Waals surface area contributed by atoms with Crippen LogP contribution in [0.2, 0.25) is 0 Å². The van der Waals surface area contributed by atoms with Gasteiger partial charge in [0.05, 0.1) is 23.5 Å². The van der Waals surface area contributed by atoms with E-state index < -0.39 is 0 Å². The van der Waals surface area contributed by atoms with Crippen molar-refractivity contribution < 1.29 is 4.74 Å². The van der Waals surface area contributed by atoms with Crippen LogP contribution in [0.4, 0.5) is 0 Å². The van der Waals surface area contributed by atoms with Crippen LogP contribution in [0.15, 0.2) is 30.3 Å². The first-order chi connectivity index (χ1) is 10.0. The Balaban J connectivity index is 2.28. The zero-order chi connectivity index (χ0) is 15.4. The summed E-state index contributed by atoms with van der Waals surface area (Å²) in [5, 5.41) is 7.98. The summed E-state index contributed by atoms with van der Waals surface area (Å²) in [6.07, 6.45) is 0.195. The smallest absolute Gasteiger partial charge is 0.119 e. The normalized spacial score (nSPS) is 12.7. The van der Waals surface area contributed by atoms with Gasteiger partial charge in [0.2, 0.25) is 0 Å². The van der Waals surface area contributed by atoms with Gasteiger partial charge in [-0.3, -0.25) is 4.68 Å². The summed E-state index contributed by atoms with van der Waals surface area (Å²) >= 11 is 0. The van der Waals surface area contributed by atoms with Crippen LogP contribution in [-0.4, -0.2) is 22.4 Å². The standard InChI is InChI=1S/C17H25N3O/c1-6-18-17(16-11-13(4)19-20(16)5)14-7-9-15(10-8-14)21-12(2)3/h7-12,17-18H,6H2,1-5H3. The molecule has 1 atom stereocenters. The second kappa shape index (κ2) is 6.76. The van der Waals surface area contributed by atoms with Gasteiger partial charge < -0.3 is 10.1 Å². The Morgan fingerprint density at radius 3 is 2.38 bits per heavy atom. The molecule has 0 fully saturated rings. The van der Waals surface area contributed by atoms with Gasteiger partial charge in [0.15, 0.2) is 0 Å². The fraction of sp³-hybridized carbons (Fsp3) is 0.471. The summed E-state index contributed by atoms with van der Waals surface area (Å²) in [4.78, 5) is 0. The van der Waals surface area contributed by atoms with Crippen LogP contribution in [0, 0.1) is 6.92 Å². The Morgan fingerprint density at radius 1 is 1.24 bits per heavy atom. The lowest BCUT2D eigenvalue weighted by molar-refractivity contribution is 0.242. The quantitative estimate of drug-likeness (QED) is 0.886. The molecule has 0 amide bonds. The van der Waals surface area contributed by atoms with Crippen molar-refractivity contribution in [1.82, 2.24) is 15.1 Å². The van der Waals surface area contributed by atoms with Crippen molar-refractivity contribution in [3.05, 3.63) is 47.3 Å². The van der Waals surface area contributed by atoms with E-state index in [1.54, 1.807) is 0 Å². The Kier molecular flexibility index (Phi) is 5.02. The first-order valence-corrected chi connectivity index (χ1v) is 7.51. The lowest BCUT2D eigenvalue weighted by Gasteiger charge is -2.19. The summed E-state index contributed by atoms with van der Waals surface area (Å²) in [6, 6.07) is 10.6. The van der Waals surface area contributed by atoms with E-state index in [0.29, 0.717) is 0 Å². The molecule has 1 N–H and O–H groups in total. The summed E-state index contributed by atoms with van der Waals surface area (Å²) in [6.45, 7) is 9.11. The Labute approximate surface area is 127 Å². The molecule has 0 aliphatic carbocycles. The van der Waals surface area contributed by atoms with E-state index in [2.05, 4.69) is 35.5 Å². The largest absolute Gasteiger partial charge is 0.491 e. The lowest BCUT2D eigenvalue weighted by Crippen LogP contribution is -2.24. The van der Waals surface area contributed by atoms with Crippen molar-refractivity contribution in [3.8, 4) is 5.75 Å². The minimum absolute atomic E-state index is 0.147. The molecule has 2 aromatic rings. The number of hydrogen-bond donors (Lipinski definition) is 1. The van der Waals surface area contributed by atoms with Gasteiger partial charge in [-0.25, -0.2) is 0 Å². The van der Waals surface area contributed by atoms with E-state index in [-0.39, 0.29) is 12.1 Å². The molecule has 4 nitrogen and oxygen atoms in total. The maximum atomic E-state index is 5.70. The molecule has 0 saturated carbocycles. The molecule has 21 heavy (non-hydrogen) atoms. The van der Waals surface area contributed by atoms with Gasteiger partial charge in [0.25, 0.3) is 0 Å². The molecule has 0 aliphatic rings. The number of ether oxygens (including phenoxy) is 1. The van der Waals surface area contributed by atoms with Crippen molar-refractivity contribution in [2.24, 2.45) is 7.05 Å². The molecule has 0 bridgehead atoms. The molecule has 1 aromatic carbocycles. The number of benzene rings is 1. The van der Waals surface area contributed by atoms with Gasteiger partial charge in [-0.05, 0) is 51.1 Å². The lowest BCUT2D eigenvalue weighted by atomic mass is 10.0. The summed E-state index contributed by atoms with van der Waals surface area (Å²) in [5.41, 5.74) is 3.43. The SMILES string of the molecule is CCNC(c1ccc(OC(C)C)cc1)c1cc(C)nn1C. The molecule has 114 valence electrons. The second-order valence-electron chi connectivity index (χ2n) is 5.56. The van der Waals surface area contributed by atoms with Gasteiger partial charge >= 0.3 is 0 Å². The molecular weight excluding hydrogens is 262 g/mol. The Hall–Kier alpha value is -1.81. The van der Waals surface area contributed by atoms with Gasteiger partial charge in [-0.15, -0.1) is 0 Å². The average molecular weight is 287 g/mol. The van der Waals surface area contributed by atoms with Crippen molar-refractivity contribution >= 4 is 0 Å². The Morgan fingerprint density at radius 2 is 1.90 bits per heavy atom. The molecule has 0 radical (unpaired) electrons. The zero-order valence-electron chi connectivity index (χ0n) is 13.6. The summed E-state index contributed by atoms with van der Waals surface area (Å²) in [5.74, 6) is 0.908. The third-order valence-electron chi connectivity index (χ3n) is 3.33. The van der Waals surface area contributed by atoms with Crippen molar-refractivity contribution in [2.75, 3.05) is 6.54 Å². The zero-order valence-corrected chi connectivity index (χ0v) is 13.6. The third kappa shape index (κ3) is 3.85. The van der Waals surface area contributed by atoms with E-state index in [0.717, 1.165) is 18.0 Å². The third-order valence-corrected chi connectivity index (χ3v) is 3.33. The van der Waals surface area contributed by atoms with E-state index in [4.69, 9.17) is 4.74 Å². The van der Waals surface area contributed by atoms with Crippen LogP contribution in [0.3, 0.4) is 0 Å². The average Bonchev–Trinajstić information content (AvgIpc) is 2.75.